The van der Waals surface area contributed by atoms with E-state index in [2.05, 4.69) is 25.5 Å². The van der Waals surface area contributed by atoms with Crippen LogP contribution in [-0.4, -0.2) is 30.6 Å². The van der Waals surface area contributed by atoms with Crippen LogP contribution >= 0.6 is 0 Å². The van der Waals surface area contributed by atoms with Crippen LogP contribution < -0.4 is 5.32 Å². The Hall–Kier alpha value is -3.09. The number of anilines is 1. The van der Waals surface area contributed by atoms with E-state index in [-0.39, 0.29) is 5.91 Å². The topological polar surface area (TPSA) is 85.6 Å². The summed E-state index contributed by atoms with van der Waals surface area (Å²) in [5, 5.41) is 10.7. The number of nitrogens with one attached hydrogen (secondary N) is 1. The number of aryl methyl sites for hydroxylation is 1. The lowest BCUT2D eigenvalue weighted by atomic mass is 10.2. The van der Waals surface area contributed by atoms with E-state index in [0.29, 0.717) is 17.2 Å². The number of carbonyl (C=O) groups is 1. The fourth-order valence-corrected chi connectivity index (χ4v) is 1.81. The van der Waals surface area contributed by atoms with Crippen LogP contribution in [0.15, 0.2) is 49.1 Å². The van der Waals surface area contributed by atoms with Crippen molar-refractivity contribution in [3.63, 3.8) is 0 Å². The number of imidazole rings is 1. The summed E-state index contributed by atoms with van der Waals surface area (Å²) >= 11 is 0. The van der Waals surface area contributed by atoms with Gasteiger partial charge in [0.1, 0.15) is 11.4 Å². The molecule has 0 bridgehead atoms. The fourth-order valence-electron chi connectivity index (χ4n) is 1.81. The average Bonchev–Trinajstić information content (AvgIpc) is 2.95. The Morgan fingerprint density at radius 3 is 2.67 bits per heavy atom. The van der Waals surface area contributed by atoms with Gasteiger partial charge in [0.25, 0.3) is 5.91 Å². The zero-order valence-corrected chi connectivity index (χ0v) is 11.3. The SMILES string of the molecule is Cn1cncc1C(=O)Nc1ccc(-c2ccccn2)nn1. The van der Waals surface area contributed by atoms with Gasteiger partial charge in [0, 0.05) is 13.2 Å². The first kappa shape index (κ1) is 12.9. The van der Waals surface area contributed by atoms with Gasteiger partial charge in [-0.15, -0.1) is 10.2 Å². The minimum absolute atomic E-state index is 0.283. The van der Waals surface area contributed by atoms with Gasteiger partial charge < -0.3 is 9.88 Å². The zero-order valence-electron chi connectivity index (χ0n) is 11.3. The second-order valence-corrected chi connectivity index (χ2v) is 4.36. The number of rotatable bonds is 3. The zero-order chi connectivity index (χ0) is 14.7. The first-order valence-electron chi connectivity index (χ1n) is 6.27. The van der Waals surface area contributed by atoms with Crippen LogP contribution in [0.4, 0.5) is 5.82 Å². The van der Waals surface area contributed by atoms with Crippen molar-refractivity contribution in [1.29, 1.82) is 0 Å². The molecule has 0 unspecified atom stereocenters. The largest absolute Gasteiger partial charge is 0.330 e. The molecule has 0 saturated carbocycles. The maximum Gasteiger partial charge on any atom is 0.275 e. The summed E-state index contributed by atoms with van der Waals surface area (Å²) in [7, 11) is 1.75. The summed E-state index contributed by atoms with van der Waals surface area (Å²) in [6.07, 6.45) is 4.74. The molecule has 0 fully saturated rings. The van der Waals surface area contributed by atoms with Crippen LogP contribution in [0.25, 0.3) is 11.4 Å². The minimum atomic E-state index is -0.283. The van der Waals surface area contributed by atoms with E-state index in [9.17, 15) is 4.79 Å². The lowest BCUT2D eigenvalue weighted by Gasteiger charge is -2.04. The molecule has 0 aliphatic heterocycles. The Balaban J connectivity index is 1.76. The molecule has 104 valence electrons. The lowest BCUT2D eigenvalue weighted by Crippen LogP contribution is -2.16. The highest BCUT2D eigenvalue weighted by atomic mass is 16.2. The third-order valence-corrected chi connectivity index (χ3v) is 2.88. The molecule has 21 heavy (non-hydrogen) atoms. The Morgan fingerprint density at radius 1 is 1.14 bits per heavy atom. The molecule has 7 heteroatoms. The Kier molecular flexibility index (Phi) is 3.38. The summed E-state index contributed by atoms with van der Waals surface area (Å²) in [5.74, 6) is 0.0933. The average molecular weight is 280 g/mol. The van der Waals surface area contributed by atoms with Gasteiger partial charge in [-0.2, -0.15) is 0 Å². The molecule has 0 aromatic carbocycles. The molecule has 3 aromatic rings. The molecular formula is C14H12N6O. The first-order valence-corrected chi connectivity index (χ1v) is 6.27. The van der Waals surface area contributed by atoms with Gasteiger partial charge in [0.2, 0.25) is 0 Å². The van der Waals surface area contributed by atoms with Crippen LogP contribution in [0, 0.1) is 0 Å². The molecule has 3 aromatic heterocycles. The Morgan fingerprint density at radius 2 is 2.05 bits per heavy atom. The van der Waals surface area contributed by atoms with Gasteiger partial charge in [-0.05, 0) is 24.3 Å². The highest BCUT2D eigenvalue weighted by molar-refractivity contribution is 6.02. The summed E-state index contributed by atoms with van der Waals surface area (Å²) in [5.41, 5.74) is 1.83. The number of pyridine rings is 1. The minimum Gasteiger partial charge on any atom is -0.330 e. The van der Waals surface area contributed by atoms with Gasteiger partial charge in [0.15, 0.2) is 5.82 Å². The third kappa shape index (κ3) is 2.76. The molecule has 0 saturated heterocycles. The number of hydrogen-bond acceptors (Lipinski definition) is 5. The summed E-state index contributed by atoms with van der Waals surface area (Å²) in [4.78, 5) is 20.1. The molecule has 3 rings (SSSR count). The van der Waals surface area contributed by atoms with Crippen molar-refractivity contribution in [2.45, 2.75) is 0 Å². The Bertz CT molecular complexity index is 751. The molecule has 0 spiro atoms. The molecule has 0 aliphatic carbocycles. The molecular weight excluding hydrogens is 268 g/mol. The summed E-state index contributed by atoms with van der Waals surface area (Å²) in [6, 6.07) is 9.00. The number of nitrogens with zero attached hydrogens (tertiary/aromatic N) is 5. The van der Waals surface area contributed by atoms with Crippen molar-refractivity contribution >= 4 is 11.7 Å². The molecule has 1 N–H and O–H groups in total. The van der Waals surface area contributed by atoms with E-state index in [1.807, 2.05) is 18.2 Å². The predicted molar refractivity (Wildman–Crippen MR) is 76.4 cm³/mol. The monoisotopic (exact) mass is 280 g/mol. The lowest BCUT2D eigenvalue weighted by molar-refractivity contribution is 0.101. The van der Waals surface area contributed by atoms with E-state index >= 15 is 0 Å². The van der Waals surface area contributed by atoms with Crippen LogP contribution in [0.5, 0.6) is 0 Å². The van der Waals surface area contributed by atoms with Crippen LogP contribution in [0.2, 0.25) is 0 Å². The highest BCUT2D eigenvalue weighted by Gasteiger charge is 2.11. The summed E-state index contributed by atoms with van der Waals surface area (Å²) in [6.45, 7) is 0. The first-order chi connectivity index (χ1) is 10.2. The van der Waals surface area contributed by atoms with Crippen molar-refractivity contribution in [3.05, 3.63) is 54.7 Å². The number of amides is 1. The number of carbonyl (C=O) groups excluding carboxylic acids is 1. The fraction of sp³-hybridized carbons (Fsp3) is 0.0714. The quantitative estimate of drug-likeness (QED) is 0.786. The normalized spacial score (nSPS) is 10.3. The maximum atomic E-state index is 12.0. The van der Waals surface area contributed by atoms with Gasteiger partial charge in [0.05, 0.1) is 18.2 Å². The van der Waals surface area contributed by atoms with E-state index < -0.39 is 0 Å². The van der Waals surface area contributed by atoms with Crippen molar-refractivity contribution < 1.29 is 4.79 Å². The maximum absolute atomic E-state index is 12.0. The van der Waals surface area contributed by atoms with Crippen molar-refractivity contribution in [3.8, 4) is 11.4 Å². The van der Waals surface area contributed by atoms with Gasteiger partial charge in [-0.25, -0.2) is 4.98 Å². The molecule has 1 amide bonds. The van der Waals surface area contributed by atoms with Gasteiger partial charge in [-0.3, -0.25) is 9.78 Å². The smallest absolute Gasteiger partial charge is 0.275 e. The number of aromatic nitrogens is 5. The molecule has 3 heterocycles. The highest BCUT2D eigenvalue weighted by Crippen LogP contribution is 2.14. The van der Waals surface area contributed by atoms with Gasteiger partial charge in [-0.1, -0.05) is 6.07 Å². The third-order valence-electron chi connectivity index (χ3n) is 2.88. The Labute approximate surface area is 120 Å². The second-order valence-electron chi connectivity index (χ2n) is 4.36. The standard InChI is InChI=1S/C14H12N6O/c1-20-9-15-8-12(20)14(21)17-13-6-5-11(18-19-13)10-4-2-3-7-16-10/h2-9H,1H3,(H,17,19,21). The number of hydrogen-bond donors (Lipinski definition) is 1. The van der Waals surface area contributed by atoms with E-state index in [1.165, 1.54) is 6.20 Å². The van der Waals surface area contributed by atoms with Crippen LogP contribution in [-0.2, 0) is 7.05 Å². The second kappa shape index (κ2) is 5.49. The van der Waals surface area contributed by atoms with Gasteiger partial charge >= 0.3 is 0 Å². The molecule has 0 atom stereocenters. The summed E-state index contributed by atoms with van der Waals surface area (Å²) < 4.78 is 1.63. The molecule has 0 radical (unpaired) electrons. The van der Waals surface area contributed by atoms with Crippen molar-refractivity contribution in [1.82, 2.24) is 24.7 Å². The van der Waals surface area contributed by atoms with Crippen molar-refractivity contribution in [2.75, 3.05) is 5.32 Å². The van der Waals surface area contributed by atoms with Crippen LogP contribution in [0.1, 0.15) is 10.5 Å². The van der Waals surface area contributed by atoms with Crippen LogP contribution in [0.3, 0.4) is 0 Å². The van der Waals surface area contributed by atoms with E-state index in [4.69, 9.17) is 0 Å². The van der Waals surface area contributed by atoms with Crippen molar-refractivity contribution in [2.24, 2.45) is 7.05 Å². The molecule has 7 nitrogen and oxygen atoms in total. The van der Waals surface area contributed by atoms with E-state index in [1.54, 1.807) is 36.3 Å². The predicted octanol–water partition coefficient (Wildman–Crippen LogP) is 1.52. The van der Waals surface area contributed by atoms with E-state index in [0.717, 1.165) is 5.69 Å². The molecule has 0 aliphatic rings.